The molecule has 3 heterocycles. The molecule has 0 amide bonds. The van der Waals surface area contributed by atoms with Gasteiger partial charge in [0.05, 0.1) is 5.56 Å². The van der Waals surface area contributed by atoms with Gasteiger partial charge in [-0.05, 0) is 48.9 Å². The predicted molar refractivity (Wildman–Crippen MR) is 116 cm³/mol. The van der Waals surface area contributed by atoms with Crippen molar-refractivity contribution in [3.8, 4) is 11.3 Å². The third-order valence-electron chi connectivity index (χ3n) is 5.06. The van der Waals surface area contributed by atoms with E-state index in [4.69, 9.17) is 19.5 Å². The molecule has 0 aliphatic heterocycles. The van der Waals surface area contributed by atoms with Crippen molar-refractivity contribution in [2.45, 2.75) is 53.1 Å². The standard InChI is InChI=1S/C25H29N2O/c1-14(2)20-12-22(27(7)13-21(20)15(3)4)23-16(5)8-10-18-19-11-9-17(6)26-25(19)28-24(18)23/h8-15H,1-7H3/q+1/i1D3,3D3,4D3,14D,15D. The molecule has 3 aromatic heterocycles. The monoisotopic (exact) mass is 384 g/mol. The summed E-state index contributed by atoms with van der Waals surface area (Å²) in [6.07, 6.45) is 1.15. The Kier molecular flexibility index (Phi) is 2.33. The highest BCUT2D eigenvalue weighted by Crippen LogP contribution is 2.37. The molecule has 28 heavy (non-hydrogen) atoms. The average molecular weight is 385 g/mol. The van der Waals surface area contributed by atoms with Crippen LogP contribution in [-0.2, 0) is 7.05 Å². The Morgan fingerprint density at radius 1 is 1.04 bits per heavy atom. The maximum atomic E-state index is 8.85. The van der Waals surface area contributed by atoms with E-state index in [1.54, 1.807) is 7.05 Å². The summed E-state index contributed by atoms with van der Waals surface area (Å²) >= 11 is 0. The van der Waals surface area contributed by atoms with E-state index in [1.807, 2.05) is 38.1 Å². The van der Waals surface area contributed by atoms with Crippen LogP contribution < -0.4 is 4.57 Å². The van der Waals surface area contributed by atoms with Crippen molar-refractivity contribution in [3.63, 3.8) is 0 Å². The van der Waals surface area contributed by atoms with Crippen LogP contribution in [0.1, 0.15) is 76.7 Å². The highest BCUT2D eigenvalue weighted by atomic mass is 16.3. The zero-order valence-corrected chi connectivity index (χ0v) is 16.3. The molecule has 4 aromatic rings. The van der Waals surface area contributed by atoms with Gasteiger partial charge < -0.3 is 4.42 Å². The third kappa shape index (κ3) is 2.90. The lowest BCUT2D eigenvalue weighted by Gasteiger charge is -2.16. The number of aromatic nitrogens is 2. The van der Waals surface area contributed by atoms with Gasteiger partial charge in [-0.2, -0.15) is 0 Å². The van der Waals surface area contributed by atoms with Crippen molar-refractivity contribution in [3.05, 3.63) is 58.9 Å². The maximum Gasteiger partial charge on any atom is 0.227 e. The van der Waals surface area contributed by atoms with Crippen molar-refractivity contribution in [2.24, 2.45) is 7.05 Å². The summed E-state index contributed by atoms with van der Waals surface area (Å²) in [6.45, 7) is -5.00. The van der Waals surface area contributed by atoms with Crippen LogP contribution in [0.15, 0.2) is 40.9 Å². The van der Waals surface area contributed by atoms with Gasteiger partial charge in [-0.25, -0.2) is 9.55 Å². The molecule has 0 fully saturated rings. The lowest BCUT2D eigenvalue weighted by molar-refractivity contribution is -0.660. The van der Waals surface area contributed by atoms with Crippen molar-refractivity contribution in [1.82, 2.24) is 4.98 Å². The summed E-state index contributed by atoms with van der Waals surface area (Å²) in [7, 11) is 1.54. The number of nitrogens with zero attached hydrogens (tertiary/aromatic N) is 2. The van der Waals surface area contributed by atoms with Crippen LogP contribution in [0.3, 0.4) is 0 Å². The van der Waals surface area contributed by atoms with Gasteiger partial charge in [-0.3, -0.25) is 0 Å². The van der Waals surface area contributed by atoms with Crippen LogP contribution in [-0.4, -0.2) is 4.98 Å². The Hall–Kier alpha value is -2.68. The lowest BCUT2D eigenvalue weighted by atomic mass is 9.90. The first kappa shape index (κ1) is 9.69. The largest absolute Gasteiger partial charge is 0.437 e. The number of rotatable bonds is 3. The summed E-state index contributed by atoms with van der Waals surface area (Å²) in [5, 5.41) is 1.51. The Morgan fingerprint density at radius 3 is 2.54 bits per heavy atom. The minimum Gasteiger partial charge on any atom is -0.437 e. The molecule has 0 spiro atoms. The SMILES string of the molecule is [2H]C([2H])([2H])C([2H])(C)c1cc(-c2c(C)ccc3c2oc2nc(C)ccc23)[n+](C)cc1C([2H])(C([2H])([2H])[2H])C([2H])([2H])[2H]. The summed E-state index contributed by atoms with van der Waals surface area (Å²) in [5.74, 6) is -5.66. The van der Waals surface area contributed by atoms with E-state index >= 15 is 0 Å². The Morgan fingerprint density at radius 2 is 1.79 bits per heavy atom. The van der Waals surface area contributed by atoms with Crippen LogP contribution in [0.4, 0.5) is 0 Å². The molecule has 0 bridgehead atoms. The van der Waals surface area contributed by atoms with E-state index in [2.05, 4.69) is 4.98 Å². The zero-order valence-electron chi connectivity index (χ0n) is 27.3. The van der Waals surface area contributed by atoms with Gasteiger partial charge >= 0.3 is 0 Å². The number of aryl methyl sites for hydroxylation is 3. The van der Waals surface area contributed by atoms with E-state index in [9.17, 15) is 0 Å². The second-order valence-corrected chi connectivity index (χ2v) is 7.14. The van der Waals surface area contributed by atoms with E-state index in [0.717, 1.165) is 35.2 Å². The molecule has 1 atom stereocenters. The van der Waals surface area contributed by atoms with Crippen molar-refractivity contribution >= 4 is 22.1 Å². The van der Waals surface area contributed by atoms with Gasteiger partial charge in [0.2, 0.25) is 11.4 Å². The number of hydrogen-bond donors (Lipinski definition) is 0. The molecular weight excluding hydrogens is 344 g/mol. The molecule has 1 unspecified atom stereocenters. The lowest BCUT2D eigenvalue weighted by Crippen LogP contribution is -2.32. The van der Waals surface area contributed by atoms with Crippen LogP contribution in [0.2, 0.25) is 0 Å². The quantitative estimate of drug-likeness (QED) is 0.386. The minimum atomic E-state index is -3.37. The topological polar surface area (TPSA) is 29.9 Å². The third-order valence-corrected chi connectivity index (χ3v) is 5.06. The van der Waals surface area contributed by atoms with Crippen molar-refractivity contribution in [2.75, 3.05) is 0 Å². The van der Waals surface area contributed by atoms with Gasteiger partial charge in [0, 0.05) is 43.2 Å². The molecule has 0 saturated heterocycles. The van der Waals surface area contributed by atoms with Gasteiger partial charge in [-0.15, -0.1) is 0 Å². The molecule has 0 saturated carbocycles. The van der Waals surface area contributed by atoms with Gasteiger partial charge in [-0.1, -0.05) is 39.6 Å². The van der Waals surface area contributed by atoms with Crippen molar-refractivity contribution in [1.29, 1.82) is 0 Å². The predicted octanol–water partition coefficient (Wildman–Crippen LogP) is 6.34. The molecule has 0 radical (unpaired) electrons. The van der Waals surface area contributed by atoms with Crippen LogP contribution in [0.5, 0.6) is 0 Å². The first-order chi connectivity index (χ1) is 17.6. The fourth-order valence-corrected chi connectivity index (χ4v) is 3.64. The number of pyridine rings is 2. The fraction of sp³-hybridized carbons (Fsp3) is 0.360. The van der Waals surface area contributed by atoms with Gasteiger partial charge in [0.25, 0.3) is 0 Å². The second-order valence-electron chi connectivity index (χ2n) is 7.14. The molecule has 1 aromatic carbocycles. The maximum absolute atomic E-state index is 8.85. The molecule has 4 rings (SSSR count). The summed E-state index contributed by atoms with van der Waals surface area (Å²) in [5.41, 5.74) is 2.26. The highest BCUT2D eigenvalue weighted by Gasteiger charge is 2.24. The highest BCUT2D eigenvalue weighted by molar-refractivity contribution is 6.08. The van der Waals surface area contributed by atoms with Crippen LogP contribution in [0, 0.1) is 13.8 Å². The molecule has 3 heteroatoms. The Balaban J connectivity index is 2.18. The van der Waals surface area contributed by atoms with Gasteiger partial charge in [0.15, 0.2) is 11.8 Å². The Labute approximate surface area is 182 Å². The first-order valence-corrected chi connectivity index (χ1v) is 8.97. The van der Waals surface area contributed by atoms with E-state index in [-0.39, 0.29) is 5.56 Å². The summed E-state index contributed by atoms with van der Waals surface area (Å²) < 4.78 is 97.4. The molecule has 0 N–H and O–H groups in total. The average Bonchev–Trinajstić information content (AvgIpc) is 3.13. The van der Waals surface area contributed by atoms with E-state index in [1.165, 1.54) is 10.6 Å². The van der Waals surface area contributed by atoms with E-state index < -0.39 is 37.9 Å². The molecule has 3 nitrogen and oxygen atoms in total. The molecular formula is C25H29N2O+. The van der Waals surface area contributed by atoms with Crippen molar-refractivity contribution < 1.29 is 24.1 Å². The van der Waals surface area contributed by atoms with Crippen LogP contribution in [0.25, 0.3) is 33.3 Å². The number of benzene rings is 1. The molecule has 0 aliphatic carbocycles. The molecule has 0 aliphatic rings. The number of fused-ring (bicyclic) bond motifs is 3. The summed E-state index contributed by atoms with van der Waals surface area (Å²) in [4.78, 5) is 4.46. The molecule has 144 valence electrons. The van der Waals surface area contributed by atoms with E-state index in [0.29, 0.717) is 22.6 Å². The van der Waals surface area contributed by atoms with Crippen LogP contribution >= 0.6 is 0 Å². The second kappa shape index (κ2) is 6.73. The normalized spacial score (nSPS) is 21.6. The smallest absolute Gasteiger partial charge is 0.227 e. The zero-order chi connectivity index (χ0) is 29.5. The summed E-state index contributed by atoms with van der Waals surface area (Å²) in [6, 6.07) is 8.77. The number of hydrogen-bond acceptors (Lipinski definition) is 2. The first-order valence-electron chi connectivity index (χ1n) is 14.5. The number of furan rings is 1. The fourth-order valence-electron chi connectivity index (χ4n) is 3.64. The minimum absolute atomic E-state index is 0.355. The van der Waals surface area contributed by atoms with Gasteiger partial charge in [0.1, 0.15) is 7.05 Å². The Bertz CT molecular complexity index is 1580.